The summed E-state index contributed by atoms with van der Waals surface area (Å²) in [6, 6.07) is 12.4. The van der Waals surface area contributed by atoms with Crippen molar-refractivity contribution in [1.82, 2.24) is 15.3 Å². The second-order valence-electron chi connectivity index (χ2n) is 7.55. The molecule has 2 heterocycles. The van der Waals surface area contributed by atoms with Crippen LogP contribution in [0.4, 0.5) is 11.8 Å². The fourth-order valence-corrected chi connectivity index (χ4v) is 5.01. The molecule has 152 valence electrons. The third-order valence-corrected chi connectivity index (χ3v) is 6.82. The van der Waals surface area contributed by atoms with Crippen LogP contribution < -0.4 is 15.5 Å². The Bertz CT molecular complexity index is 1010. The molecule has 1 fully saturated rings. The van der Waals surface area contributed by atoms with Crippen molar-refractivity contribution < 1.29 is 4.79 Å². The first-order valence-corrected chi connectivity index (χ1v) is 11.4. The first kappa shape index (κ1) is 20.1. The van der Waals surface area contributed by atoms with E-state index in [0.29, 0.717) is 12.0 Å². The summed E-state index contributed by atoms with van der Waals surface area (Å²) in [5.41, 5.74) is 0.941. The van der Waals surface area contributed by atoms with Crippen molar-refractivity contribution in [1.29, 1.82) is 0 Å². The molecule has 1 amide bonds. The van der Waals surface area contributed by atoms with Gasteiger partial charge in [-0.2, -0.15) is 4.98 Å². The summed E-state index contributed by atoms with van der Waals surface area (Å²) in [6.45, 7) is 0. The molecule has 29 heavy (non-hydrogen) atoms. The summed E-state index contributed by atoms with van der Waals surface area (Å²) in [6.07, 6.45) is 3.85. The molecule has 1 aliphatic rings. The van der Waals surface area contributed by atoms with Crippen LogP contribution in [0.15, 0.2) is 40.2 Å². The average molecular weight is 474 g/mol. The quantitative estimate of drug-likeness (QED) is 0.563. The van der Waals surface area contributed by atoms with Gasteiger partial charge in [-0.25, -0.2) is 4.98 Å². The largest absolute Gasteiger partial charge is 0.362 e. The van der Waals surface area contributed by atoms with Crippen molar-refractivity contribution in [2.45, 2.75) is 37.8 Å². The van der Waals surface area contributed by atoms with Gasteiger partial charge in [-0.15, -0.1) is 11.3 Å². The van der Waals surface area contributed by atoms with Crippen LogP contribution in [0.3, 0.4) is 0 Å². The van der Waals surface area contributed by atoms with E-state index < -0.39 is 0 Å². The number of nitrogens with zero attached hydrogens (tertiary/aromatic N) is 3. The Balaban J connectivity index is 1.38. The summed E-state index contributed by atoms with van der Waals surface area (Å²) < 4.78 is 0.975. The second-order valence-corrected chi connectivity index (χ2v) is 10.0. The predicted molar refractivity (Wildman–Crippen MR) is 123 cm³/mol. The topological polar surface area (TPSA) is 70.2 Å². The maximum absolute atomic E-state index is 12.4. The Labute approximate surface area is 182 Å². The molecule has 1 aliphatic carbocycles. The van der Waals surface area contributed by atoms with Crippen LogP contribution in [-0.2, 0) is 0 Å². The van der Waals surface area contributed by atoms with E-state index in [-0.39, 0.29) is 11.9 Å². The number of hydrogen-bond donors (Lipinski definition) is 2. The van der Waals surface area contributed by atoms with Crippen LogP contribution in [0, 0.1) is 0 Å². The zero-order valence-electron chi connectivity index (χ0n) is 16.5. The third kappa shape index (κ3) is 4.70. The monoisotopic (exact) mass is 473 g/mol. The van der Waals surface area contributed by atoms with Crippen LogP contribution >= 0.6 is 27.3 Å². The molecule has 4 rings (SSSR count). The predicted octanol–water partition coefficient (Wildman–Crippen LogP) is 4.67. The van der Waals surface area contributed by atoms with Crippen LogP contribution in [0.1, 0.15) is 35.4 Å². The summed E-state index contributed by atoms with van der Waals surface area (Å²) in [5.74, 6) is 1.61. The van der Waals surface area contributed by atoms with Crippen molar-refractivity contribution in [3.63, 3.8) is 0 Å². The van der Waals surface area contributed by atoms with Gasteiger partial charge < -0.3 is 15.5 Å². The summed E-state index contributed by atoms with van der Waals surface area (Å²) in [4.78, 5) is 24.6. The number of nitrogens with one attached hydrogen (secondary N) is 2. The number of thiophene rings is 1. The molecule has 0 saturated heterocycles. The fraction of sp³-hybridized carbons (Fsp3) is 0.381. The number of hydrogen-bond acceptors (Lipinski definition) is 6. The van der Waals surface area contributed by atoms with E-state index in [1.165, 1.54) is 11.3 Å². The van der Waals surface area contributed by atoms with E-state index in [9.17, 15) is 4.79 Å². The molecule has 8 heteroatoms. The van der Waals surface area contributed by atoms with Crippen molar-refractivity contribution in [3.8, 4) is 0 Å². The van der Waals surface area contributed by atoms with E-state index >= 15 is 0 Å². The SMILES string of the molecule is CN(C)c1nc(NC2CCC(NC(=O)c3ccc(Br)s3)CC2)nc2ccccc12. The molecule has 2 N–H and O–H groups in total. The lowest BCUT2D eigenvalue weighted by Gasteiger charge is -2.29. The highest BCUT2D eigenvalue weighted by Gasteiger charge is 2.24. The van der Waals surface area contributed by atoms with Gasteiger partial charge in [0.25, 0.3) is 5.91 Å². The number of para-hydroxylation sites is 1. The molecule has 0 bridgehead atoms. The van der Waals surface area contributed by atoms with E-state index in [1.54, 1.807) is 0 Å². The molecule has 1 saturated carbocycles. The van der Waals surface area contributed by atoms with Crippen molar-refractivity contribution >= 4 is 55.8 Å². The Kier molecular flexibility index (Phi) is 6.01. The van der Waals surface area contributed by atoms with Crippen molar-refractivity contribution in [3.05, 3.63) is 45.1 Å². The first-order valence-electron chi connectivity index (χ1n) is 9.76. The lowest BCUT2D eigenvalue weighted by Crippen LogP contribution is -2.40. The van der Waals surface area contributed by atoms with Crippen LogP contribution in [0.2, 0.25) is 0 Å². The zero-order chi connectivity index (χ0) is 20.4. The highest BCUT2D eigenvalue weighted by Crippen LogP contribution is 2.27. The molecule has 2 aromatic heterocycles. The maximum atomic E-state index is 12.4. The maximum Gasteiger partial charge on any atom is 0.261 e. The molecule has 1 aromatic carbocycles. The van der Waals surface area contributed by atoms with Gasteiger partial charge >= 0.3 is 0 Å². The number of benzene rings is 1. The normalized spacial score (nSPS) is 19.1. The number of rotatable bonds is 5. The lowest BCUT2D eigenvalue weighted by atomic mass is 9.91. The van der Waals surface area contributed by atoms with E-state index in [1.807, 2.05) is 49.3 Å². The standard InChI is InChI=1S/C21H24BrN5OS/c1-27(2)19-15-5-3-4-6-16(15)25-21(26-19)24-14-9-7-13(8-10-14)23-20(28)17-11-12-18(22)29-17/h3-6,11-14H,7-10H2,1-2H3,(H,23,28)(H,24,25,26). The van der Waals surface area contributed by atoms with Crippen LogP contribution in [-0.4, -0.2) is 42.1 Å². The summed E-state index contributed by atoms with van der Waals surface area (Å²) in [7, 11) is 4.00. The highest BCUT2D eigenvalue weighted by molar-refractivity contribution is 9.11. The minimum atomic E-state index is 0.0191. The molecule has 0 aliphatic heterocycles. The number of amides is 1. The first-order chi connectivity index (χ1) is 14.0. The Morgan fingerprint density at radius 1 is 1.07 bits per heavy atom. The van der Waals surface area contributed by atoms with Gasteiger partial charge in [0, 0.05) is 31.6 Å². The highest BCUT2D eigenvalue weighted by atomic mass is 79.9. The molecular formula is C21H24BrN5OS. The van der Waals surface area contributed by atoms with Crippen molar-refractivity contribution in [2.75, 3.05) is 24.3 Å². The number of fused-ring (bicyclic) bond motifs is 1. The van der Waals surface area contributed by atoms with Crippen LogP contribution in [0.5, 0.6) is 0 Å². The van der Waals surface area contributed by atoms with Gasteiger partial charge in [0.05, 0.1) is 14.2 Å². The number of halogens is 1. The van der Waals surface area contributed by atoms with E-state index in [2.05, 4.69) is 32.6 Å². The molecular weight excluding hydrogens is 450 g/mol. The van der Waals surface area contributed by atoms with Gasteiger partial charge in [0.1, 0.15) is 5.82 Å². The van der Waals surface area contributed by atoms with Crippen LogP contribution in [0.25, 0.3) is 10.9 Å². The molecule has 0 unspecified atom stereocenters. The molecule has 3 aromatic rings. The fourth-order valence-electron chi connectivity index (χ4n) is 3.72. The molecule has 0 spiro atoms. The summed E-state index contributed by atoms with van der Waals surface area (Å²) in [5, 5.41) is 7.73. The van der Waals surface area contributed by atoms with Gasteiger partial charge in [-0.1, -0.05) is 12.1 Å². The number of aromatic nitrogens is 2. The molecule has 0 atom stereocenters. The molecule has 0 radical (unpaired) electrons. The van der Waals surface area contributed by atoms with Gasteiger partial charge in [-0.05, 0) is 65.9 Å². The van der Waals surface area contributed by atoms with E-state index in [4.69, 9.17) is 9.97 Å². The Morgan fingerprint density at radius 3 is 2.48 bits per heavy atom. The van der Waals surface area contributed by atoms with E-state index in [0.717, 1.165) is 51.1 Å². The summed E-state index contributed by atoms with van der Waals surface area (Å²) >= 11 is 4.87. The van der Waals surface area contributed by atoms with Gasteiger partial charge in [-0.3, -0.25) is 4.79 Å². The Morgan fingerprint density at radius 2 is 1.79 bits per heavy atom. The smallest absolute Gasteiger partial charge is 0.261 e. The second kappa shape index (κ2) is 8.67. The molecule has 6 nitrogen and oxygen atoms in total. The zero-order valence-corrected chi connectivity index (χ0v) is 18.9. The minimum absolute atomic E-state index is 0.0191. The van der Waals surface area contributed by atoms with Gasteiger partial charge in [0.2, 0.25) is 5.95 Å². The average Bonchev–Trinajstić information content (AvgIpc) is 3.15. The Hall–Kier alpha value is -2.19. The number of carbonyl (C=O) groups is 1. The minimum Gasteiger partial charge on any atom is -0.362 e. The van der Waals surface area contributed by atoms with Crippen molar-refractivity contribution in [2.24, 2.45) is 0 Å². The number of anilines is 2. The number of carbonyl (C=O) groups excluding carboxylic acids is 1. The third-order valence-electron chi connectivity index (χ3n) is 5.20. The van der Waals surface area contributed by atoms with Gasteiger partial charge in [0.15, 0.2) is 0 Å². The lowest BCUT2D eigenvalue weighted by molar-refractivity contribution is 0.0930.